The number of ether oxygens (including phenoxy) is 1. The topological polar surface area (TPSA) is 90.9 Å². The van der Waals surface area contributed by atoms with Crippen LogP contribution in [0.25, 0.3) is 0 Å². The normalized spacial score (nSPS) is 16.8. The average molecular weight is 504 g/mol. The Labute approximate surface area is 218 Å². The van der Waals surface area contributed by atoms with Crippen molar-refractivity contribution in [3.05, 3.63) is 35.9 Å². The zero-order valence-electron chi connectivity index (χ0n) is 22.6. The largest absolute Gasteiger partial charge is 0.379 e. The van der Waals surface area contributed by atoms with Crippen molar-refractivity contribution < 1.29 is 19.4 Å². The predicted molar refractivity (Wildman–Crippen MR) is 144 cm³/mol. The van der Waals surface area contributed by atoms with Crippen molar-refractivity contribution in [2.45, 2.75) is 90.2 Å². The number of nitrogens with one attached hydrogen (secondary N) is 2. The standard InChI is InChI=1S/C29H49N3O4/c1-3-5-7-9-13-17-26(27(33)30-19-14-8-6-4-2)28(34)31-29(35,25-15-11-10-12-16-25)18-20-32-21-23-36-24-22-32/h10-12,15-16,26,35H,3-9,13-14,17-24H2,1-2H3,(H,30,33)(H,31,34)/t26-,29-/m0/s1. The first-order valence-corrected chi connectivity index (χ1v) is 14.2. The maximum Gasteiger partial charge on any atom is 0.235 e. The second kappa shape index (κ2) is 17.5. The summed E-state index contributed by atoms with van der Waals surface area (Å²) >= 11 is 0. The van der Waals surface area contributed by atoms with E-state index in [2.05, 4.69) is 29.4 Å². The Kier molecular flexibility index (Phi) is 14.7. The molecule has 1 aliphatic heterocycles. The summed E-state index contributed by atoms with van der Waals surface area (Å²) in [6.45, 7) is 8.50. The van der Waals surface area contributed by atoms with E-state index < -0.39 is 17.6 Å². The fourth-order valence-corrected chi connectivity index (χ4v) is 4.65. The molecule has 1 aromatic rings. The summed E-state index contributed by atoms with van der Waals surface area (Å²) in [7, 11) is 0. The van der Waals surface area contributed by atoms with Crippen LogP contribution in [0.4, 0.5) is 0 Å². The molecule has 2 amide bonds. The Hall–Kier alpha value is -1.96. The van der Waals surface area contributed by atoms with Gasteiger partial charge in [-0.3, -0.25) is 14.5 Å². The third-order valence-electron chi connectivity index (χ3n) is 7.03. The second-order valence-electron chi connectivity index (χ2n) is 10.0. The van der Waals surface area contributed by atoms with Crippen LogP contribution in [0.15, 0.2) is 30.3 Å². The van der Waals surface area contributed by atoms with Gasteiger partial charge in [0, 0.05) is 38.2 Å². The lowest BCUT2D eigenvalue weighted by molar-refractivity contribution is -0.141. The smallest absolute Gasteiger partial charge is 0.235 e. The molecular formula is C29H49N3O4. The van der Waals surface area contributed by atoms with Crippen LogP contribution >= 0.6 is 0 Å². The lowest BCUT2D eigenvalue weighted by Crippen LogP contribution is -2.52. The van der Waals surface area contributed by atoms with Crippen molar-refractivity contribution in [2.24, 2.45) is 5.92 Å². The Morgan fingerprint density at radius 2 is 1.58 bits per heavy atom. The number of unbranched alkanes of at least 4 members (excludes halogenated alkanes) is 7. The Balaban J connectivity index is 2.08. The number of nitrogens with zero attached hydrogens (tertiary/aromatic N) is 1. The molecule has 1 heterocycles. The van der Waals surface area contributed by atoms with Crippen molar-refractivity contribution >= 4 is 11.8 Å². The highest BCUT2D eigenvalue weighted by Crippen LogP contribution is 2.24. The van der Waals surface area contributed by atoms with E-state index in [4.69, 9.17) is 4.74 Å². The van der Waals surface area contributed by atoms with Gasteiger partial charge >= 0.3 is 0 Å². The molecule has 0 saturated carbocycles. The number of benzene rings is 1. The van der Waals surface area contributed by atoms with Crippen molar-refractivity contribution in [3.63, 3.8) is 0 Å². The predicted octanol–water partition coefficient (Wildman–Crippen LogP) is 4.34. The summed E-state index contributed by atoms with van der Waals surface area (Å²) in [4.78, 5) is 28.8. The molecule has 2 atom stereocenters. The van der Waals surface area contributed by atoms with Crippen LogP contribution in [-0.4, -0.2) is 61.2 Å². The molecule has 0 radical (unpaired) electrons. The van der Waals surface area contributed by atoms with Gasteiger partial charge in [-0.15, -0.1) is 0 Å². The molecule has 0 aliphatic carbocycles. The highest BCUT2D eigenvalue weighted by Gasteiger charge is 2.36. The van der Waals surface area contributed by atoms with Crippen LogP contribution in [0.1, 0.15) is 90.0 Å². The first-order chi connectivity index (χ1) is 17.5. The molecule has 36 heavy (non-hydrogen) atoms. The first kappa shape index (κ1) is 30.3. The van der Waals surface area contributed by atoms with Crippen LogP contribution in [0.2, 0.25) is 0 Å². The zero-order chi connectivity index (χ0) is 26.1. The lowest BCUT2D eigenvalue weighted by atomic mass is 9.94. The number of morpholine rings is 1. The van der Waals surface area contributed by atoms with E-state index in [1.54, 1.807) is 0 Å². The molecule has 1 aromatic carbocycles. The Morgan fingerprint density at radius 3 is 2.25 bits per heavy atom. The molecular weight excluding hydrogens is 454 g/mol. The van der Waals surface area contributed by atoms with E-state index in [0.717, 1.165) is 70.9 Å². The fraction of sp³-hybridized carbons (Fsp3) is 0.724. The van der Waals surface area contributed by atoms with Crippen LogP contribution < -0.4 is 10.6 Å². The summed E-state index contributed by atoms with van der Waals surface area (Å²) in [6.07, 6.45) is 10.3. The van der Waals surface area contributed by atoms with Gasteiger partial charge in [-0.05, 0) is 12.8 Å². The quantitative estimate of drug-likeness (QED) is 0.157. The lowest BCUT2D eigenvalue weighted by Gasteiger charge is -2.34. The molecule has 0 unspecified atom stereocenters. The molecule has 1 aliphatic rings. The molecule has 1 saturated heterocycles. The zero-order valence-corrected chi connectivity index (χ0v) is 22.6. The van der Waals surface area contributed by atoms with Gasteiger partial charge < -0.3 is 20.5 Å². The van der Waals surface area contributed by atoms with Gasteiger partial charge in [-0.2, -0.15) is 0 Å². The number of hydrogen-bond donors (Lipinski definition) is 3. The monoisotopic (exact) mass is 503 g/mol. The number of rotatable bonds is 18. The minimum atomic E-state index is -1.54. The highest BCUT2D eigenvalue weighted by molar-refractivity contribution is 6.00. The van der Waals surface area contributed by atoms with Crippen molar-refractivity contribution in [2.75, 3.05) is 39.4 Å². The number of amides is 2. The number of carbonyl (C=O) groups excluding carboxylic acids is 2. The molecule has 204 valence electrons. The van der Waals surface area contributed by atoms with Gasteiger partial charge in [0.05, 0.1) is 13.2 Å². The van der Waals surface area contributed by atoms with Crippen LogP contribution in [0.5, 0.6) is 0 Å². The third kappa shape index (κ3) is 11.0. The van der Waals surface area contributed by atoms with E-state index in [1.807, 2.05) is 30.3 Å². The van der Waals surface area contributed by atoms with E-state index in [9.17, 15) is 14.7 Å². The molecule has 7 heteroatoms. The third-order valence-corrected chi connectivity index (χ3v) is 7.03. The van der Waals surface area contributed by atoms with E-state index in [-0.39, 0.29) is 5.91 Å². The summed E-state index contributed by atoms with van der Waals surface area (Å²) in [5.74, 6) is -1.44. The summed E-state index contributed by atoms with van der Waals surface area (Å²) in [5.41, 5.74) is -0.910. The van der Waals surface area contributed by atoms with Crippen molar-refractivity contribution in [1.82, 2.24) is 15.5 Å². The fourth-order valence-electron chi connectivity index (χ4n) is 4.65. The maximum atomic E-state index is 13.5. The second-order valence-corrected chi connectivity index (χ2v) is 10.0. The molecule has 7 nitrogen and oxygen atoms in total. The molecule has 1 fully saturated rings. The summed E-state index contributed by atoms with van der Waals surface area (Å²) < 4.78 is 5.44. The van der Waals surface area contributed by atoms with Gasteiger partial charge in [0.1, 0.15) is 5.92 Å². The Morgan fingerprint density at radius 1 is 0.944 bits per heavy atom. The van der Waals surface area contributed by atoms with E-state index in [1.165, 1.54) is 0 Å². The van der Waals surface area contributed by atoms with Crippen molar-refractivity contribution in [3.8, 4) is 0 Å². The highest BCUT2D eigenvalue weighted by atomic mass is 16.5. The summed E-state index contributed by atoms with van der Waals surface area (Å²) in [5, 5.41) is 17.6. The number of aliphatic hydroxyl groups is 1. The van der Waals surface area contributed by atoms with Crippen LogP contribution in [0.3, 0.4) is 0 Å². The van der Waals surface area contributed by atoms with Crippen molar-refractivity contribution in [1.29, 1.82) is 0 Å². The maximum absolute atomic E-state index is 13.5. The summed E-state index contributed by atoms with van der Waals surface area (Å²) in [6, 6.07) is 9.25. The molecule has 0 bridgehead atoms. The molecule has 0 aromatic heterocycles. The average Bonchev–Trinajstić information content (AvgIpc) is 2.90. The first-order valence-electron chi connectivity index (χ1n) is 14.2. The molecule has 2 rings (SSSR count). The van der Waals surface area contributed by atoms with E-state index >= 15 is 0 Å². The van der Waals surface area contributed by atoms with Gasteiger partial charge in [0.25, 0.3) is 0 Å². The minimum absolute atomic E-state index is 0.233. The molecule has 0 spiro atoms. The van der Waals surface area contributed by atoms with Gasteiger partial charge in [-0.25, -0.2) is 0 Å². The Bertz CT molecular complexity index is 739. The number of carbonyl (C=O) groups is 2. The number of hydrogen-bond acceptors (Lipinski definition) is 5. The SMILES string of the molecule is CCCCCCC[C@@H](C(=O)NCCCCCC)C(=O)N[C@](O)(CCN1CCOCC1)c1ccccc1. The van der Waals surface area contributed by atoms with Crippen LogP contribution in [-0.2, 0) is 20.1 Å². The van der Waals surface area contributed by atoms with Gasteiger partial charge in [-0.1, -0.05) is 95.5 Å². The van der Waals surface area contributed by atoms with Gasteiger partial charge in [0.2, 0.25) is 11.8 Å². The minimum Gasteiger partial charge on any atom is -0.379 e. The van der Waals surface area contributed by atoms with Gasteiger partial charge in [0.15, 0.2) is 5.72 Å². The van der Waals surface area contributed by atoms with E-state index in [0.29, 0.717) is 44.7 Å². The molecule has 3 N–H and O–H groups in total. The van der Waals surface area contributed by atoms with Crippen LogP contribution in [0, 0.1) is 5.92 Å².